The minimum absolute atomic E-state index is 0.0370. The third-order valence-electron chi connectivity index (χ3n) is 2.64. The van der Waals surface area contributed by atoms with Gasteiger partial charge in [0.25, 0.3) is 0 Å². The van der Waals surface area contributed by atoms with E-state index < -0.39 is 0 Å². The Labute approximate surface area is 121 Å². The van der Waals surface area contributed by atoms with Crippen LogP contribution in [0.3, 0.4) is 0 Å². The van der Waals surface area contributed by atoms with Gasteiger partial charge in [-0.15, -0.1) is 0 Å². The Bertz CT molecular complexity index is 585. The highest BCUT2D eigenvalue weighted by molar-refractivity contribution is 7.99. The molecule has 1 aromatic heterocycles. The van der Waals surface area contributed by atoms with Crippen molar-refractivity contribution in [3.05, 3.63) is 18.2 Å². The molecule has 1 heterocycles. The highest BCUT2D eigenvalue weighted by Crippen LogP contribution is 2.22. The molecule has 0 saturated heterocycles. The van der Waals surface area contributed by atoms with Gasteiger partial charge in [-0.3, -0.25) is 4.79 Å². The van der Waals surface area contributed by atoms with E-state index in [9.17, 15) is 4.79 Å². The second-order valence-electron chi connectivity index (χ2n) is 4.06. The molecule has 0 aliphatic carbocycles. The first-order valence-corrected chi connectivity index (χ1v) is 7.13. The highest BCUT2D eigenvalue weighted by atomic mass is 32.2. The highest BCUT2D eigenvalue weighted by Gasteiger charge is 2.07. The van der Waals surface area contributed by atoms with E-state index in [1.165, 1.54) is 11.8 Å². The molecule has 7 heteroatoms. The van der Waals surface area contributed by atoms with Crippen molar-refractivity contribution in [2.24, 2.45) is 0 Å². The summed E-state index contributed by atoms with van der Waals surface area (Å²) in [6, 6.07) is 5.62. The van der Waals surface area contributed by atoms with E-state index in [1.54, 1.807) is 14.2 Å². The molecule has 108 valence electrons. The van der Waals surface area contributed by atoms with E-state index >= 15 is 0 Å². The molecule has 6 nitrogen and oxygen atoms in total. The zero-order valence-corrected chi connectivity index (χ0v) is 12.3. The molecule has 20 heavy (non-hydrogen) atoms. The van der Waals surface area contributed by atoms with Gasteiger partial charge < -0.3 is 19.8 Å². The fourth-order valence-corrected chi connectivity index (χ4v) is 2.35. The molecular weight excluding hydrogens is 278 g/mol. The lowest BCUT2D eigenvalue weighted by molar-refractivity contribution is -0.118. The number of aromatic nitrogens is 2. The van der Waals surface area contributed by atoms with Crippen LogP contribution in [-0.2, 0) is 9.53 Å². The summed E-state index contributed by atoms with van der Waals surface area (Å²) < 4.78 is 10.0. The Kier molecular flexibility index (Phi) is 5.25. The molecular formula is C13H17N3O3S. The molecule has 0 radical (unpaired) electrons. The van der Waals surface area contributed by atoms with Gasteiger partial charge in [-0.05, 0) is 12.1 Å². The number of ether oxygens (including phenoxy) is 2. The minimum atomic E-state index is -0.0370. The molecule has 0 spiro atoms. The maximum atomic E-state index is 11.6. The number of H-pyrrole nitrogens is 1. The maximum Gasteiger partial charge on any atom is 0.230 e. The van der Waals surface area contributed by atoms with Crippen molar-refractivity contribution in [1.29, 1.82) is 0 Å². The second kappa shape index (κ2) is 7.16. The number of carbonyl (C=O) groups excluding carboxylic acids is 1. The summed E-state index contributed by atoms with van der Waals surface area (Å²) in [7, 11) is 3.22. The summed E-state index contributed by atoms with van der Waals surface area (Å²) in [6.07, 6.45) is 0. The smallest absolute Gasteiger partial charge is 0.230 e. The summed E-state index contributed by atoms with van der Waals surface area (Å²) >= 11 is 1.37. The largest absolute Gasteiger partial charge is 0.497 e. The zero-order valence-electron chi connectivity index (χ0n) is 11.4. The van der Waals surface area contributed by atoms with Crippen LogP contribution in [0.25, 0.3) is 11.0 Å². The Balaban J connectivity index is 1.91. The van der Waals surface area contributed by atoms with Gasteiger partial charge in [-0.1, -0.05) is 11.8 Å². The van der Waals surface area contributed by atoms with Gasteiger partial charge in [0.2, 0.25) is 5.91 Å². The van der Waals surface area contributed by atoms with Gasteiger partial charge in [0.15, 0.2) is 5.16 Å². The molecule has 0 atom stereocenters. The lowest BCUT2D eigenvalue weighted by Gasteiger charge is -2.02. The fourth-order valence-electron chi connectivity index (χ4n) is 1.64. The SMILES string of the molecule is COCCNC(=O)CSc1nc2ccc(OC)cc2[nH]1. The second-order valence-corrected chi connectivity index (χ2v) is 5.02. The lowest BCUT2D eigenvalue weighted by Crippen LogP contribution is -2.28. The topological polar surface area (TPSA) is 76.2 Å². The van der Waals surface area contributed by atoms with Crippen LogP contribution in [0.15, 0.2) is 23.4 Å². The van der Waals surface area contributed by atoms with Crippen LogP contribution in [0.1, 0.15) is 0 Å². The van der Waals surface area contributed by atoms with Crippen LogP contribution < -0.4 is 10.1 Å². The number of rotatable bonds is 7. The number of nitrogens with zero attached hydrogens (tertiary/aromatic N) is 1. The van der Waals surface area contributed by atoms with Crippen molar-refractivity contribution in [2.75, 3.05) is 33.1 Å². The van der Waals surface area contributed by atoms with Crippen LogP contribution in [0.5, 0.6) is 5.75 Å². The van der Waals surface area contributed by atoms with Crippen molar-refractivity contribution < 1.29 is 14.3 Å². The summed E-state index contributed by atoms with van der Waals surface area (Å²) in [5, 5.41) is 3.48. The van der Waals surface area contributed by atoms with E-state index in [0.29, 0.717) is 18.9 Å². The number of nitrogens with one attached hydrogen (secondary N) is 2. The van der Waals surface area contributed by atoms with Crippen LogP contribution in [-0.4, -0.2) is 49.0 Å². The Morgan fingerprint density at radius 1 is 1.45 bits per heavy atom. The number of methoxy groups -OCH3 is 2. The van der Waals surface area contributed by atoms with E-state index in [4.69, 9.17) is 9.47 Å². The van der Waals surface area contributed by atoms with Crippen molar-refractivity contribution in [2.45, 2.75) is 5.16 Å². The van der Waals surface area contributed by atoms with Crippen LogP contribution in [0.4, 0.5) is 0 Å². The number of thioether (sulfide) groups is 1. The van der Waals surface area contributed by atoms with Crippen molar-refractivity contribution in [3.63, 3.8) is 0 Å². The first-order chi connectivity index (χ1) is 9.72. The molecule has 2 rings (SSSR count). The number of benzene rings is 1. The first kappa shape index (κ1) is 14.7. The maximum absolute atomic E-state index is 11.6. The quantitative estimate of drug-likeness (QED) is 0.597. The van der Waals surface area contributed by atoms with Gasteiger partial charge in [-0.25, -0.2) is 4.98 Å². The molecule has 2 N–H and O–H groups in total. The Morgan fingerprint density at radius 3 is 3.05 bits per heavy atom. The van der Waals surface area contributed by atoms with E-state index in [1.807, 2.05) is 18.2 Å². The predicted molar refractivity (Wildman–Crippen MR) is 78.3 cm³/mol. The van der Waals surface area contributed by atoms with E-state index in [-0.39, 0.29) is 5.91 Å². The summed E-state index contributed by atoms with van der Waals surface area (Å²) in [5.41, 5.74) is 1.75. The monoisotopic (exact) mass is 295 g/mol. The Morgan fingerprint density at radius 2 is 2.30 bits per heavy atom. The molecule has 0 saturated carbocycles. The van der Waals surface area contributed by atoms with Gasteiger partial charge in [0, 0.05) is 19.7 Å². The van der Waals surface area contributed by atoms with Gasteiger partial charge >= 0.3 is 0 Å². The van der Waals surface area contributed by atoms with E-state index in [2.05, 4.69) is 15.3 Å². The standard InChI is InChI=1S/C13H17N3O3S/c1-18-6-5-14-12(17)8-20-13-15-10-4-3-9(19-2)7-11(10)16-13/h3-4,7H,5-6,8H2,1-2H3,(H,14,17)(H,15,16). The number of hydrogen-bond donors (Lipinski definition) is 2. The molecule has 0 bridgehead atoms. The van der Waals surface area contributed by atoms with Crippen molar-refractivity contribution in [1.82, 2.24) is 15.3 Å². The van der Waals surface area contributed by atoms with Crippen LogP contribution in [0, 0.1) is 0 Å². The van der Waals surface area contributed by atoms with Crippen molar-refractivity contribution in [3.8, 4) is 5.75 Å². The fraction of sp³-hybridized carbons (Fsp3) is 0.385. The van der Waals surface area contributed by atoms with Crippen molar-refractivity contribution >= 4 is 28.7 Å². The molecule has 2 aromatic rings. The molecule has 1 aromatic carbocycles. The van der Waals surface area contributed by atoms with E-state index in [0.717, 1.165) is 21.9 Å². The number of aromatic amines is 1. The Hall–Kier alpha value is -1.73. The zero-order chi connectivity index (χ0) is 14.4. The average Bonchev–Trinajstić information content (AvgIpc) is 2.87. The summed E-state index contributed by atoms with van der Waals surface area (Å²) in [5.74, 6) is 1.06. The number of carbonyl (C=O) groups is 1. The van der Waals surface area contributed by atoms with Crippen LogP contribution in [0.2, 0.25) is 0 Å². The third-order valence-corrected chi connectivity index (χ3v) is 3.51. The summed E-state index contributed by atoms with van der Waals surface area (Å²) in [6.45, 7) is 1.04. The molecule has 0 aliphatic heterocycles. The van der Waals surface area contributed by atoms with Gasteiger partial charge in [0.1, 0.15) is 5.75 Å². The summed E-state index contributed by atoms with van der Waals surface area (Å²) in [4.78, 5) is 19.1. The first-order valence-electron chi connectivity index (χ1n) is 6.15. The number of imidazole rings is 1. The molecule has 0 fully saturated rings. The average molecular weight is 295 g/mol. The molecule has 0 unspecified atom stereocenters. The number of hydrogen-bond acceptors (Lipinski definition) is 5. The number of amides is 1. The normalized spacial score (nSPS) is 10.7. The third kappa shape index (κ3) is 3.88. The van der Waals surface area contributed by atoms with Crippen LogP contribution >= 0.6 is 11.8 Å². The predicted octanol–water partition coefficient (Wildman–Crippen LogP) is 1.43. The molecule has 0 aliphatic rings. The van der Waals surface area contributed by atoms with Gasteiger partial charge in [-0.2, -0.15) is 0 Å². The lowest BCUT2D eigenvalue weighted by atomic mass is 10.3. The molecule has 1 amide bonds. The van der Waals surface area contributed by atoms with Gasteiger partial charge in [0.05, 0.1) is 30.5 Å². The number of fused-ring (bicyclic) bond motifs is 1. The minimum Gasteiger partial charge on any atom is -0.497 e.